The maximum absolute atomic E-state index is 12.0. The lowest BCUT2D eigenvalue weighted by atomic mass is 9.95. The Morgan fingerprint density at radius 3 is 2.35 bits per heavy atom. The average molecular weight is 433 g/mol. The van der Waals surface area contributed by atoms with Crippen molar-refractivity contribution < 1.29 is 18.3 Å². The molecule has 4 aromatic rings. The third-order valence-corrected chi connectivity index (χ3v) is 5.47. The Balaban J connectivity index is 1.71. The highest BCUT2D eigenvalue weighted by atomic mass is 32.2. The van der Waals surface area contributed by atoms with Crippen molar-refractivity contribution in [3.05, 3.63) is 90.0 Å². The number of nitrogens with one attached hydrogen (secondary N) is 1. The van der Waals surface area contributed by atoms with Gasteiger partial charge in [-0.3, -0.25) is 4.79 Å². The maximum atomic E-state index is 12.0. The molecule has 0 spiro atoms. The molecular formula is C24H20N2O4S. The molecule has 1 amide bonds. The van der Waals surface area contributed by atoms with Gasteiger partial charge in [0.2, 0.25) is 10.0 Å². The fraction of sp³-hybridized carbons (Fsp3) is 0.0833. The largest absolute Gasteiger partial charge is 0.392 e. The van der Waals surface area contributed by atoms with Crippen molar-refractivity contribution in [1.29, 1.82) is 0 Å². The van der Waals surface area contributed by atoms with E-state index in [9.17, 15) is 18.3 Å². The Labute approximate surface area is 180 Å². The van der Waals surface area contributed by atoms with E-state index in [0.29, 0.717) is 0 Å². The van der Waals surface area contributed by atoms with E-state index in [4.69, 9.17) is 4.98 Å². The third-order valence-electron chi connectivity index (χ3n) is 4.91. The first-order chi connectivity index (χ1) is 14.8. The van der Waals surface area contributed by atoms with Gasteiger partial charge in [-0.05, 0) is 47.0 Å². The van der Waals surface area contributed by atoms with Crippen LogP contribution >= 0.6 is 0 Å². The monoisotopic (exact) mass is 432 g/mol. The molecule has 2 N–H and O–H groups in total. The Morgan fingerprint density at radius 1 is 0.935 bits per heavy atom. The second kappa shape index (κ2) is 8.29. The van der Waals surface area contributed by atoms with E-state index in [1.807, 2.05) is 59.3 Å². The van der Waals surface area contributed by atoms with Gasteiger partial charge in [-0.25, -0.2) is 18.1 Å². The van der Waals surface area contributed by atoms with Crippen LogP contribution in [0.1, 0.15) is 15.9 Å². The lowest BCUT2D eigenvalue weighted by Crippen LogP contribution is -2.29. The second-order valence-electron chi connectivity index (χ2n) is 7.20. The minimum absolute atomic E-state index is 0.142. The number of hydrogen-bond acceptors (Lipinski definition) is 5. The quantitative estimate of drug-likeness (QED) is 0.501. The molecule has 3 aromatic carbocycles. The molecule has 0 bridgehead atoms. The first-order valence-electron chi connectivity index (χ1n) is 9.56. The zero-order chi connectivity index (χ0) is 22.0. The van der Waals surface area contributed by atoms with Gasteiger partial charge < -0.3 is 5.11 Å². The maximum Gasteiger partial charge on any atom is 0.264 e. The molecule has 0 aliphatic heterocycles. The average Bonchev–Trinajstić information content (AvgIpc) is 2.77. The van der Waals surface area contributed by atoms with Crippen LogP contribution in [0.3, 0.4) is 0 Å². The number of carbonyl (C=O) groups excluding carboxylic acids is 1. The van der Waals surface area contributed by atoms with Crippen LogP contribution in [0.4, 0.5) is 0 Å². The number of aliphatic hydroxyl groups excluding tert-OH is 1. The van der Waals surface area contributed by atoms with E-state index in [2.05, 4.69) is 0 Å². The van der Waals surface area contributed by atoms with Crippen LogP contribution in [0.5, 0.6) is 0 Å². The number of aliphatic hydroxyl groups is 1. The van der Waals surface area contributed by atoms with Gasteiger partial charge in [-0.1, -0.05) is 48.5 Å². The Kier molecular flexibility index (Phi) is 5.54. The first-order valence-corrected chi connectivity index (χ1v) is 11.5. The van der Waals surface area contributed by atoms with Gasteiger partial charge in [0, 0.05) is 16.5 Å². The SMILES string of the molecule is CS(=O)(=O)NC(=O)c1ccc(-c2cc(-c3ccc4ccccc4n3)ccc2CO)cc1. The third kappa shape index (κ3) is 4.63. The number of aromatic nitrogens is 1. The van der Waals surface area contributed by atoms with Crippen molar-refractivity contribution in [3.8, 4) is 22.4 Å². The molecule has 0 saturated carbocycles. The summed E-state index contributed by atoms with van der Waals surface area (Å²) in [7, 11) is -3.64. The predicted molar refractivity (Wildman–Crippen MR) is 121 cm³/mol. The minimum Gasteiger partial charge on any atom is -0.392 e. The molecule has 4 rings (SSSR count). The van der Waals surface area contributed by atoms with E-state index >= 15 is 0 Å². The molecule has 0 radical (unpaired) electrons. The van der Waals surface area contributed by atoms with Crippen LogP contribution in [-0.4, -0.2) is 30.7 Å². The summed E-state index contributed by atoms with van der Waals surface area (Å²) in [6, 6.07) is 24.1. The van der Waals surface area contributed by atoms with E-state index in [0.717, 1.165) is 45.1 Å². The van der Waals surface area contributed by atoms with Crippen molar-refractivity contribution in [2.45, 2.75) is 6.61 Å². The van der Waals surface area contributed by atoms with Crippen LogP contribution in [0, 0.1) is 0 Å². The van der Waals surface area contributed by atoms with E-state index < -0.39 is 15.9 Å². The zero-order valence-electron chi connectivity index (χ0n) is 16.7. The van der Waals surface area contributed by atoms with Gasteiger partial charge >= 0.3 is 0 Å². The van der Waals surface area contributed by atoms with Gasteiger partial charge in [-0.15, -0.1) is 0 Å². The van der Waals surface area contributed by atoms with Crippen LogP contribution in [0.25, 0.3) is 33.3 Å². The summed E-state index contributed by atoms with van der Waals surface area (Å²) in [6.07, 6.45) is 0.930. The molecule has 0 saturated heterocycles. The summed E-state index contributed by atoms with van der Waals surface area (Å²) < 4.78 is 24.5. The number of nitrogens with zero attached hydrogens (tertiary/aromatic N) is 1. The normalized spacial score (nSPS) is 11.4. The second-order valence-corrected chi connectivity index (χ2v) is 8.95. The summed E-state index contributed by atoms with van der Waals surface area (Å²) in [4.78, 5) is 16.8. The molecule has 0 aliphatic carbocycles. The van der Waals surface area contributed by atoms with E-state index in [-0.39, 0.29) is 12.2 Å². The van der Waals surface area contributed by atoms with Crippen LogP contribution < -0.4 is 4.72 Å². The fourth-order valence-electron chi connectivity index (χ4n) is 3.40. The molecule has 0 atom stereocenters. The smallest absolute Gasteiger partial charge is 0.264 e. The van der Waals surface area contributed by atoms with Gasteiger partial charge in [0.05, 0.1) is 24.1 Å². The highest BCUT2D eigenvalue weighted by molar-refractivity contribution is 7.89. The molecule has 156 valence electrons. The molecule has 0 fully saturated rings. The lowest BCUT2D eigenvalue weighted by molar-refractivity contribution is 0.0981. The van der Waals surface area contributed by atoms with Crippen molar-refractivity contribution in [2.75, 3.05) is 6.26 Å². The molecule has 7 heteroatoms. The van der Waals surface area contributed by atoms with Crippen molar-refractivity contribution in [1.82, 2.24) is 9.71 Å². The molecule has 6 nitrogen and oxygen atoms in total. The minimum atomic E-state index is -3.64. The number of fused-ring (bicyclic) bond motifs is 1. The molecule has 1 aromatic heterocycles. The standard InChI is InChI=1S/C24H20N2O4S/c1-31(29,30)26-24(28)18-8-6-16(7-9-18)21-14-19(10-11-20(21)15-27)23-13-12-17-4-2-3-5-22(17)25-23/h2-14,27H,15H2,1H3,(H,26,28). The number of rotatable bonds is 5. The van der Waals surface area contributed by atoms with E-state index in [1.54, 1.807) is 24.3 Å². The van der Waals surface area contributed by atoms with Crippen molar-refractivity contribution in [2.24, 2.45) is 0 Å². The van der Waals surface area contributed by atoms with Gasteiger partial charge in [0.1, 0.15) is 0 Å². The van der Waals surface area contributed by atoms with Crippen molar-refractivity contribution in [3.63, 3.8) is 0 Å². The Morgan fingerprint density at radius 2 is 1.65 bits per heavy atom. The number of para-hydroxylation sites is 1. The molecule has 31 heavy (non-hydrogen) atoms. The topological polar surface area (TPSA) is 96.4 Å². The number of carbonyl (C=O) groups is 1. The fourth-order valence-corrected chi connectivity index (χ4v) is 3.85. The van der Waals surface area contributed by atoms with Crippen LogP contribution in [0.2, 0.25) is 0 Å². The first kappa shape index (κ1) is 20.7. The Hall–Kier alpha value is -3.55. The Bertz CT molecular complexity index is 1380. The van der Waals surface area contributed by atoms with Crippen molar-refractivity contribution >= 4 is 26.8 Å². The van der Waals surface area contributed by atoms with Crippen LogP contribution in [-0.2, 0) is 16.6 Å². The van der Waals surface area contributed by atoms with Gasteiger partial charge in [0.15, 0.2) is 0 Å². The van der Waals surface area contributed by atoms with Gasteiger partial charge in [0.25, 0.3) is 5.91 Å². The summed E-state index contributed by atoms with van der Waals surface area (Å²) in [5.74, 6) is -0.689. The number of hydrogen-bond donors (Lipinski definition) is 2. The highest BCUT2D eigenvalue weighted by Crippen LogP contribution is 2.30. The summed E-state index contributed by atoms with van der Waals surface area (Å²) in [5, 5.41) is 10.9. The molecular weight excluding hydrogens is 412 g/mol. The van der Waals surface area contributed by atoms with Crippen LogP contribution in [0.15, 0.2) is 78.9 Å². The van der Waals surface area contributed by atoms with Gasteiger partial charge in [-0.2, -0.15) is 0 Å². The van der Waals surface area contributed by atoms with E-state index in [1.165, 1.54) is 0 Å². The molecule has 0 unspecified atom stereocenters. The zero-order valence-corrected chi connectivity index (χ0v) is 17.6. The number of pyridine rings is 1. The number of amides is 1. The summed E-state index contributed by atoms with van der Waals surface area (Å²) in [6.45, 7) is -0.142. The molecule has 0 aliphatic rings. The highest BCUT2D eigenvalue weighted by Gasteiger charge is 2.13. The predicted octanol–water partition coefficient (Wildman–Crippen LogP) is 3.75. The lowest BCUT2D eigenvalue weighted by Gasteiger charge is -2.12. The number of benzene rings is 3. The number of sulfonamides is 1. The molecule has 1 heterocycles. The summed E-state index contributed by atoms with van der Waals surface area (Å²) >= 11 is 0. The summed E-state index contributed by atoms with van der Waals surface area (Å²) in [5.41, 5.74) is 5.18.